The van der Waals surface area contributed by atoms with E-state index in [1.54, 1.807) is 17.9 Å². The van der Waals surface area contributed by atoms with E-state index in [0.29, 0.717) is 22.4 Å². The molecule has 9 heteroatoms. The Morgan fingerprint density at radius 1 is 1.13 bits per heavy atom. The van der Waals surface area contributed by atoms with E-state index in [1.165, 1.54) is 11.3 Å². The molecule has 0 aliphatic heterocycles. The number of carbonyl (C=O) groups is 2. The molecular formula is C21H22N6O2S. The first-order valence-electron chi connectivity index (χ1n) is 9.67. The number of rotatable bonds is 7. The molecule has 2 aromatic heterocycles. The van der Waals surface area contributed by atoms with E-state index in [9.17, 15) is 9.59 Å². The third-order valence-electron chi connectivity index (χ3n) is 4.63. The summed E-state index contributed by atoms with van der Waals surface area (Å²) in [5.74, 6) is -0.263. The molecule has 1 unspecified atom stereocenters. The average molecular weight is 423 g/mol. The number of anilines is 3. The van der Waals surface area contributed by atoms with Crippen LogP contribution in [-0.4, -0.2) is 27.9 Å². The Bertz CT molecular complexity index is 1020. The van der Waals surface area contributed by atoms with Crippen molar-refractivity contribution in [3.05, 3.63) is 65.6 Å². The van der Waals surface area contributed by atoms with Crippen LogP contribution in [0.2, 0.25) is 0 Å². The molecule has 0 bridgehead atoms. The van der Waals surface area contributed by atoms with Crippen molar-refractivity contribution in [1.29, 1.82) is 0 Å². The molecule has 8 nitrogen and oxygen atoms in total. The molecule has 1 aromatic carbocycles. The molecule has 154 valence electrons. The van der Waals surface area contributed by atoms with Gasteiger partial charge in [0.25, 0.3) is 5.91 Å². The number of urea groups is 1. The van der Waals surface area contributed by atoms with E-state index in [1.807, 2.05) is 43.3 Å². The van der Waals surface area contributed by atoms with E-state index in [2.05, 4.69) is 31.2 Å². The second-order valence-electron chi connectivity index (χ2n) is 7.09. The highest BCUT2D eigenvalue weighted by Crippen LogP contribution is 2.25. The predicted octanol–water partition coefficient (Wildman–Crippen LogP) is 4.06. The van der Waals surface area contributed by atoms with Gasteiger partial charge in [-0.3, -0.25) is 9.78 Å². The highest BCUT2D eigenvalue weighted by atomic mass is 32.1. The summed E-state index contributed by atoms with van der Waals surface area (Å²) in [6, 6.07) is 11.0. The second kappa shape index (κ2) is 8.91. The van der Waals surface area contributed by atoms with E-state index in [0.717, 1.165) is 24.1 Å². The molecule has 3 amide bonds. The number of carbonyl (C=O) groups excluding carboxylic acids is 2. The molecule has 2 heterocycles. The first-order chi connectivity index (χ1) is 14.6. The van der Waals surface area contributed by atoms with Crippen molar-refractivity contribution < 1.29 is 9.59 Å². The first kappa shape index (κ1) is 19.8. The summed E-state index contributed by atoms with van der Waals surface area (Å²) in [6.07, 6.45) is 5.46. The topological polar surface area (TPSA) is 108 Å². The molecule has 30 heavy (non-hydrogen) atoms. The molecule has 4 rings (SSSR count). The molecule has 1 atom stereocenters. The fourth-order valence-electron chi connectivity index (χ4n) is 2.85. The molecule has 4 N–H and O–H groups in total. The summed E-state index contributed by atoms with van der Waals surface area (Å²) >= 11 is 1.35. The van der Waals surface area contributed by atoms with Crippen LogP contribution in [0.15, 0.2) is 54.3 Å². The smallest absolute Gasteiger partial charge is 0.319 e. The van der Waals surface area contributed by atoms with Gasteiger partial charge in [-0.05, 0) is 49.6 Å². The van der Waals surface area contributed by atoms with Crippen LogP contribution < -0.4 is 21.3 Å². The zero-order valence-electron chi connectivity index (χ0n) is 16.4. The zero-order valence-corrected chi connectivity index (χ0v) is 17.2. The van der Waals surface area contributed by atoms with Gasteiger partial charge in [0.2, 0.25) is 0 Å². The van der Waals surface area contributed by atoms with Gasteiger partial charge in [0, 0.05) is 17.9 Å². The Labute approximate surface area is 178 Å². The fourth-order valence-corrected chi connectivity index (χ4v) is 3.55. The van der Waals surface area contributed by atoms with Crippen LogP contribution in [-0.2, 0) is 0 Å². The average Bonchev–Trinajstić information content (AvgIpc) is 3.43. The molecular weight excluding hydrogens is 400 g/mol. The van der Waals surface area contributed by atoms with Crippen LogP contribution in [0.1, 0.15) is 41.9 Å². The molecule has 3 aromatic rings. The van der Waals surface area contributed by atoms with Crippen molar-refractivity contribution in [2.75, 3.05) is 10.6 Å². The van der Waals surface area contributed by atoms with Crippen molar-refractivity contribution in [3.8, 4) is 0 Å². The third kappa shape index (κ3) is 5.12. The maximum absolute atomic E-state index is 12.7. The SMILES string of the molecule is CC(NC(=O)c1ncsc1Nc1cccnc1)c1ccc(NC(=O)NC2CC2)cc1. The van der Waals surface area contributed by atoms with Crippen molar-refractivity contribution in [3.63, 3.8) is 0 Å². The minimum Gasteiger partial charge on any atom is -0.344 e. The van der Waals surface area contributed by atoms with E-state index < -0.39 is 0 Å². The molecule has 0 radical (unpaired) electrons. The minimum atomic E-state index is -0.263. The summed E-state index contributed by atoms with van der Waals surface area (Å²) in [5, 5.41) is 12.5. The molecule has 1 fully saturated rings. The Balaban J connectivity index is 1.35. The number of nitrogens with zero attached hydrogens (tertiary/aromatic N) is 2. The Kier molecular flexibility index (Phi) is 5.89. The Morgan fingerprint density at radius 2 is 1.93 bits per heavy atom. The van der Waals surface area contributed by atoms with Crippen molar-refractivity contribution >= 4 is 39.7 Å². The van der Waals surface area contributed by atoms with Crippen LogP contribution in [0.3, 0.4) is 0 Å². The lowest BCUT2D eigenvalue weighted by atomic mass is 10.1. The fraction of sp³-hybridized carbons (Fsp3) is 0.238. The van der Waals surface area contributed by atoms with Gasteiger partial charge in [-0.2, -0.15) is 0 Å². The quantitative estimate of drug-likeness (QED) is 0.459. The van der Waals surface area contributed by atoms with Gasteiger partial charge in [0.1, 0.15) is 5.00 Å². The highest BCUT2D eigenvalue weighted by molar-refractivity contribution is 7.14. The number of pyridine rings is 1. The first-order valence-corrected chi connectivity index (χ1v) is 10.6. The summed E-state index contributed by atoms with van der Waals surface area (Å²) < 4.78 is 0. The molecule has 1 aliphatic carbocycles. The van der Waals surface area contributed by atoms with Crippen LogP contribution in [0.4, 0.5) is 21.2 Å². The van der Waals surface area contributed by atoms with Gasteiger partial charge in [-0.25, -0.2) is 9.78 Å². The van der Waals surface area contributed by atoms with Crippen LogP contribution in [0, 0.1) is 0 Å². The monoisotopic (exact) mass is 422 g/mol. The highest BCUT2D eigenvalue weighted by Gasteiger charge is 2.23. The summed E-state index contributed by atoms with van der Waals surface area (Å²) in [7, 11) is 0. The van der Waals surface area contributed by atoms with Crippen molar-refractivity contribution in [2.45, 2.75) is 31.8 Å². The molecule has 0 saturated heterocycles. The third-order valence-corrected chi connectivity index (χ3v) is 5.37. The number of benzene rings is 1. The molecule has 1 saturated carbocycles. The lowest BCUT2D eigenvalue weighted by Gasteiger charge is -2.15. The van der Waals surface area contributed by atoms with E-state index in [-0.39, 0.29) is 18.0 Å². The van der Waals surface area contributed by atoms with Crippen LogP contribution in [0.25, 0.3) is 0 Å². The van der Waals surface area contributed by atoms with Crippen LogP contribution in [0.5, 0.6) is 0 Å². The standard InChI is InChI=1S/C21H22N6O2S/c1-13(14-4-6-15(7-5-14)26-21(29)27-16-8-9-16)24-19(28)18-20(30-12-23-18)25-17-3-2-10-22-11-17/h2-7,10-13,16,25H,8-9H2,1H3,(H,24,28)(H2,26,27,29). The predicted molar refractivity (Wildman–Crippen MR) is 117 cm³/mol. The number of aromatic nitrogens is 2. The number of nitrogens with one attached hydrogen (secondary N) is 4. The Hall–Kier alpha value is -3.46. The van der Waals surface area contributed by atoms with E-state index >= 15 is 0 Å². The maximum atomic E-state index is 12.7. The number of hydrogen-bond acceptors (Lipinski definition) is 6. The molecule has 1 aliphatic rings. The van der Waals surface area contributed by atoms with Crippen molar-refractivity contribution in [1.82, 2.24) is 20.6 Å². The lowest BCUT2D eigenvalue weighted by Crippen LogP contribution is -2.30. The largest absolute Gasteiger partial charge is 0.344 e. The van der Waals surface area contributed by atoms with Crippen LogP contribution >= 0.6 is 11.3 Å². The minimum absolute atomic E-state index is 0.191. The van der Waals surface area contributed by atoms with Gasteiger partial charge in [-0.15, -0.1) is 11.3 Å². The van der Waals surface area contributed by atoms with Gasteiger partial charge in [0.15, 0.2) is 5.69 Å². The maximum Gasteiger partial charge on any atom is 0.319 e. The number of thiazole rings is 1. The van der Waals surface area contributed by atoms with Gasteiger partial charge in [-0.1, -0.05) is 12.1 Å². The van der Waals surface area contributed by atoms with Crippen molar-refractivity contribution in [2.24, 2.45) is 0 Å². The summed E-state index contributed by atoms with van der Waals surface area (Å²) in [4.78, 5) is 32.8. The second-order valence-corrected chi connectivity index (χ2v) is 7.94. The normalized spacial score (nSPS) is 13.9. The summed E-state index contributed by atoms with van der Waals surface area (Å²) in [5.41, 5.74) is 4.39. The van der Waals surface area contributed by atoms with E-state index in [4.69, 9.17) is 0 Å². The van der Waals surface area contributed by atoms with Gasteiger partial charge < -0.3 is 21.3 Å². The Morgan fingerprint density at radius 3 is 2.63 bits per heavy atom. The van der Waals surface area contributed by atoms with Gasteiger partial charge >= 0.3 is 6.03 Å². The number of hydrogen-bond donors (Lipinski definition) is 4. The summed E-state index contributed by atoms with van der Waals surface area (Å²) in [6.45, 7) is 1.90. The van der Waals surface area contributed by atoms with Gasteiger partial charge in [0.05, 0.1) is 23.4 Å². The zero-order chi connectivity index (χ0) is 20.9. The lowest BCUT2D eigenvalue weighted by molar-refractivity contribution is 0.0936. The number of amides is 3. The molecule has 0 spiro atoms.